The summed E-state index contributed by atoms with van der Waals surface area (Å²) in [7, 11) is 0. The average molecular weight is 255 g/mol. The number of benzene rings is 1. The maximum atomic E-state index is 11.9. The summed E-state index contributed by atoms with van der Waals surface area (Å²) >= 11 is 0. The van der Waals surface area contributed by atoms with E-state index in [1.807, 2.05) is 30.3 Å². The summed E-state index contributed by atoms with van der Waals surface area (Å²) in [6.45, 7) is 1.75. The lowest BCUT2D eigenvalue weighted by molar-refractivity contribution is -0.142. The number of para-hydroxylation sites is 1. The molecule has 1 aromatic carbocycles. The van der Waals surface area contributed by atoms with Gasteiger partial charge in [0.25, 0.3) is 0 Å². The number of rotatable bonds is 1. The predicted molar refractivity (Wildman–Crippen MR) is 71.5 cm³/mol. The van der Waals surface area contributed by atoms with Crippen LogP contribution in [0, 0.1) is 0 Å². The molecular weight excluding hydrogens is 242 g/mol. The first kappa shape index (κ1) is 11.7. The first-order chi connectivity index (χ1) is 9.15. The van der Waals surface area contributed by atoms with Crippen molar-refractivity contribution < 1.29 is 14.6 Å². The van der Waals surface area contributed by atoms with E-state index in [1.54, 1.807) is 13.0 Å². The molecule has 4 heteroatoms. The van der Waals surface area contributed by atoms with E-state index in [1.165, 1.54) is 0 Å². The molecule has 3 rings (SSSR count). The zero-order valence-corrected chi connectivity index (χ0v) is 10.5. The van der Waals surface area contributed by atoms with E-state index >= 15 is 0 Å². The molecule has 0 aliphatic carbocycles. The Hall–Kier alpha value is -2.36. The third kappa shape index (κ3) is 2.05. The van der Waals surface area contributed by atoms with Gasteiger partial charge < -0.3 is 9.84 Å². The largest absolute Gasteiger partial charge is 0.511 e. The van der Waals surface area contributed by atoms with E-state index in [0.29, 0.717) is 12.1 Å². The fraction of sp³-hybridized carbons (Fsp3) is 0.200. The lowest BCUT2D eigenvalue weighted by atomic mass is 10.0. The molecule has 1 N–H and O–H groups in total. The molecule has 1 aromatic heterocycles. The van der Waals surface area contributed by atoms with Gasteiger partial charge in [0.15, 0.2) is 0 Å². The minimum atomic E-state index is -0.515. The van der Waals surface area contributed by atoms with Crippen molar-refractivity contribution in [3.63, 3.8) is 0 Å². The Balaban J connectivity index is 2.13. The maximum Gasteiger partial charge on any atom is 0.344 e. The quantitative estimate of drug-likeness (QED) is 0.796. The Morgan fingerprint density at radius 2 is 2.05 bits per heavy atom. The standard InChI is InChI=1S/C15H13NO3/c1-9-8-13(17)14(15(18)19-9)12-7-6-10-4-2-3-5-11(10)16-12/h2-7,9,17H,8H2,1H3/t9-/m0/s1. The number of hydrogen-bond donors (Lipinski definition) is 1. The number of ether oxygens (including phenoxy) is 1. The van der Waals surface area contributed by atoms with Crippen LogP contribution in [0.15, 0.2) is 42.2 Å². The molecule has 0 radical (unpaired) electrons. The van der Waals surface area contributed by atoms with Crippen molar-refractivity contribution in [3.05, 3.63) is 47.9 Å². The summed E-state index contributed by atoms with van der Waals surface area (Å²) in [6, 6.07) is 11.2. The van der Waals surface area contributed by atoms with Crippen molar-refractivity contribution in [3.8, 4) is 0 Å². The van der Waals surface area contributed by atoms with Crippen molar-refractivity contribution >= 4 is 22.4 Å². The van der Waals surface area contributed by atoms with Crippen LogP contribution in [-0.2, 0) is 9.53 Å². The summed E-state index contributed by atoms with van der Waals surface area (Å²) in [5.74, 6) is -0.467. The number of esters is 1. The smallest absolute Gasteiger partial charge is 0.344 e. The third-order valence-electron chi connectivity index (χ3n) is 3.14. The van der Waals surface area contributed by atoms with Gasteiger partial charge in [-0.15, -0.1) is 0 Å². The van der Waals surface area contributed by atoms with Crippen LogP contribution in [0.1, 0.15) is 19.0 Å². The minimum Gasteiger partial charge on any atom is -0.511 e. The summed E-state index contributed by atoms with van der Waals surface area (Å²) in [6.07, 6.45) is 0.0342. The monoisotopic (exact) mass is 255 g/mol. The SMILES string of the molecule is C[C@H]1CC(O)=C(c2ccc3ccccc3n2)C(=O)O1. The second-order valence-electron chi connectivity index (χ2n) is 4.63. The third-order valence-corrected chi connectivity index (χ3v) is 3.14. The molecule has 0 unspecified atom stereocenters. The summed E-state index contributed by atoms with van der Waals surface area (Å²) in [4.78, 5) is 16.3. The first-order valence-corrected chi connectivity index (χ1v) is 6.14. The summed E-state index contributed by atoms with van der Waals surface area (Å²) in [5, 5.41) is 11.0. The van der Waals surface area contributed by atoms with Gasteiger partial charge in [0.1, 0.15) is 17.4 Å². The second-order valence-corrected chi connectivity index (χ2v) is 4.63. The fourth-order valence-electron chi connectivity index (χ4n) is 2.23. The lowest BCUT2D eigenvalue weighted by Gasteiger charge is -2.21. The van der Waals surface area contributed by atoms with Crippen LogP contribution in [0.25, 0.3) is 16.5 Å². The number of carbonyl (C=O) groups is 1. The van der Waals surface area contributed by atoms with Gasteiger partial charge in [-0.25, -0.2) is 9.78 Å². The normalized spacial score (nSPS) is 19.6. The lowest BCUT2D eigenvalue weighted by Crippen LogP contribution is -2.24. The highest BCUT2D eigenvalue weighted by Gasteiger charge is 2.28. The van der Waals surface area contributed by atoms with Crippen LogP contribution in [0.2, 0.25) is 0 Å². The molecule has 1 atom stereocenters. The maximum absolute atomic E-state index is 11.9. The van der Waals surface area contributed by atoms with Gasteiger partial charge in [0, 0.05) is 11.8 Å². The highest BCUT2D eigenvalue weighted by Crippen LogP contribution is 2.27. The molecule has 2 heterocycles. The van der Waals surface area contributed by atoms with Gasteiger partial charge in [-0.2, -0.15) is 0 Å². The van der Waals surface area contributed by atoms with Gasteiger partial charge in [-0.3, -0.25) is 0 Å². The molecule has 1 aliphatic heterocycles. The number of aliphatic hydroxyl groups is 1. The van der Waals surface area contributed by atoms with Gasteiger partial charge in [-0.1, -0.05) is 24.3 Å². The number of aliphatic hydroxyl groups excluding tert-OH is 1. The topological polar surface area (TPSA) is 59.4 Å². The molecule has 0 saturated heterocycles. The van der Waals surface area contributed by atoms with E-state index in [-0.39, 0.29) is 17.4 Å². The van der Waals surface area contributed by atoms with Crippen molar-refractivity contribution in [1.29, 1.82) is 0 Å². The number of aromatic nitrogens is 1. The highest BCUT2D eigenvalue weighted by molar-refractivity contribution is 6.17. The van der Waals surface area contributed by atoms with Crippen molar-refractivity contribution in [2.75, 3.05) is 0 Å². The van der Waals surface area contributed by atoms with Gasteiger partial charge in [0.2, 0.25) is 0 Å². The molecular formula is C15H13NO3. The van der Waals surface area contributed by atoms with Crippen molar-refractivity contribution in [2.45, 2.75) is 19.4 Å². The number of cyclic esters (lactones) is 1. The van der Waals surface area contributed by atoms with Gasteiger partial charge >= 0.3 is 5.97 Å². The molecule has 19 heavy (non-hydrogen) atoms. The van der Waals surface area contributed by atoms with E-state index in [0.717, 1.165) is 10.9 Å². The summed E-state index contributed by atoms with van der Waals surface area (Å²) in [5.41, 5.74) is 1.41. The molecule has 4 nitrogen and oxygen atoms in total. The molecule has 1 aliphatic rings. The Morgan fingerprint density at radius 1 is 1.26 bits per heavy atom. The summed E-state index contributed by atoms with van der Waals surface area (Å²) < 4.78 is 5.14. The fourth-order valence-corrected chi connectivity index (χ4v) is 2.23. The Bertz CT molecular complexity index is 691. The predicted octanol–water partition coefficient (Wildman–Crippen LogP) is 2.84. The number of carbonyl (C=O) groups excluding carboxylic acids is 1. The van der Waals surface area contributed by atoms with Crippen LogP contribution in [0.5, 0.6) is 0 Å². The first-order valence-electron chi connectivity index (χ1n) is 6.14. The Kier molecular flexibility index (Phi) is 2.71. The number of hydrogen-bond acceptors (Lipinski definition) is 4. The van der Waals surface area contributed by atoms with E-state index in [9.17, 15) is 9.90 Å². The van der Waals surface area contributed by atoms with Crippen molar-refractivity contribution in [2.24, 2.45) is 0 Å². The molecule has 96 valence electrons. The Morgan fingerprint density at radius 3 is 2.84 bits per heavy atom. The second kappa shape index (κ2) is 4.39. The average Bonchev–Trinajstić information content (AvgIpc) is 2.37. The van der Waals surface area contributed by atoms with Crippen LogP contribution < -0.4 is 0 Å². The Labute approximate surface area is 110 Å². The zero-order valence-electron chi connectivity index (χ0n) is 10.5. The number of nitrogens with zero attached hydrogens (tertiary/aromatic N) is 1. The molecule has 2 aromatic rings. The number of fused-ring (bicyclic) bond motifs is 1. The van der Waals surface area contributed by atoms with E-state index in [4.69, 9.17) is 4.74 Å². The van der Waals surface area contributed by atoms with Crippen molar-refractivity contribution in [1.82, 2.24) is 4.98 Å². The molecule has 0 bridgehead atoms. The van der Waals surface area contributed by atoms with E-state index < -0.39 is 5.97 Å². The highest BCUT2D eigenvalue weighted by atomic mass is 16.5. The molecule has 0 saturated carbocycles. The number of pyridine rings is 1. The van der Waals surface area contributed by atoms with Gasteiger partial charge in [0.05, 0.1) is 11.2 Å². The molecule has 0 amide bonds. The minimum absolute atomic E-state index is 0.0477. The van der Waals surface area contributed by atoms with Crippen LogP contribution in [0.4, 0.5) is 0 Å². The van der Waals surface area contributed by atoms with Crippen LogP contribution in [0.3, 0.4) is 0 Å². The molecule has 0 spiro atoms. The van der Waals surface area contributed by atoms with Crippen LogP contribution >= 0.6 is 0 Å². The van der Waals surface area contributed by atoms with E-state index in [2.05, 4.69) is 4.98 Å². The molecule has 0 fully saturated rings. The zero-order chi connectivity index (χ0) is 13.4. The van der Waals surface area contributed by atoms with Gasteiger partial charge in [-0.05, 0) is 19.1 Å². The van der Waals surface area contributed by atoms with Crippen LogP contribution in [-0.4, -0.2) is 22.2 Å².